The van der Waals surface area contributed by atoms with E-state index in [1.165, 1.54) is 0 Å². The van der Waals surface area contributed by atoms with Crippen LogP contribution in [0.4, 0.5) is 0 Å². The number of nitrogens with one attached hydrogen (secondary N) is 1. The molecule has 5 aromatic rings. The van der Waals surface area contributed by atoms with Crippen molar-refractivity contribution >= 4 is 18.1 Å². The molecule has 42 heavy (non-hydrogen) atoms. The maximum atomic E-state index is 12.6. The lowest BCUT2D eigenvalue weighted by atomic mass is 10.1. The molecule has 1 amide bonds. The highest BCUT2D eigenvalue weighted by Crippen LogP contribution is 2.24. The number of carboxylic acid groups (broad SMARTS) is 1. The van der Waals surface area contributed by atoms with Gasteiger partial charge in [-0.25, -0.2) is 10.2 Å². The van der Waals surface area contributed by atoms with E-state index in [1.54, 1.807) is 36.5 Å². The van der Waals surface area contributed by atoms with Crippen LogP contribution in [-0.2, 0) is 6.61 Å². The summed E-state index contributed by atoms with van der Waals surface area (Å²) in [5.41, 5.74) is 10.4. The Hall–Kier alpha value is -5.31. The number of amides is 1. The Labute approximate surface area is 243 Å². The number of furan rings is 1. The van der Waals surface area contributed by atoms with Crippen molar-refractivity contribution in [1.29, 1.82) is 0 Å². The van der Waals surface area contributed by atoms with Gasteiger partial charge in [-0.3, -0.25) is 4.79 Å². The maximum absolute atomic E-state index is 12.6. The molecule has 0 fully saturated rings. The summed E-state index contributed by atoms with van der Waals surface area (Å²) in [5.74, 6) is -0.156. The van der Waals surface area contributed by atoms with Crippen LogP contribution in [0.25, 0.3) is 11.4 Å². The Morgan fingerprint density at radius 1 is 0.881 bits per heavy atom. The number of ether oxygens (including phenoxy) is 1. The number of nitrogens with zero attached hydrogens (tertiary/aromatic N) is 3. The first kappa shape index (κ1) is 28.2. The summed E-state index contributed by atoms with van der Waals surface area (Å²) in [5, 5.41) is 13.5. The Balaban J connectivity index is 1.20. The number of carbonyl (C=O) groups is 2. The zero-order valence-corrected chi connectivity index (χ0v) is 24.1. The quantitative estimate of drug-likeness (QED) is 0.158. The first-order valence-electron chi connectivity index (χ1n) is 13.5. The van der Waals surface area contributed by atoms with Crippen LogP contribution < -0.4 is 10.2 Å². The van der Waals surface area contributed by atoms with Gasteiger partial charge in [-0.05, 0) is 107 Å². The van der Waals surface area contributed by atoms with Gasteiger partial charge in [0.25, 0.3) is 0 Å². The van der Waals surface area contributed by atoms with Gasteiger partial charge in [0.05, 0.1) is 11.8 Å². The third-order valence-corrected chi connectivity index (χ3v) is 7.17. The summed E-state index contributed by atoms with van der Waals surface area (Å²) in [6, 6.07) is 22.2. The van der Waals surface area contributed by atoms with Gasteiger partial charge in [0.1, 0.15) is 18.1 Å². The fraction of sp³-hybridized carbons (Fsp3) is 0.182. The average molecular weight is 565 g/mol. The summed E-state index contributed by atoms with van der Waals surface area (Å²) >= 11 is 0. The Kier molecular flexibility index (Phi) is 7.84. The number of carboxylic acids is 1. The van der Waals surface area contributed by atoms with E-state index in [1.807, 2.05) is 55.7 Å². The Morgan fingerprint density at radius 3 is 2.29 bits per heavy atom. The number of benzene rings is 2. The van der Waals surface area contributed by atoms with Crippen molar-refractivity contribution in [1.82, 2.24) is 14.6 Å². The molecule has 0 atom stereocenters. The van der Waals surface area contributed by atoms with Crippen LogP contribution in [-0.4, -0.2) is 32.3 Å². The number of aromatic nitrogens is 2. The van der Waals surface area contributed by atoms with Gasteiger partial charge in [-0.2, -0.15) is 5.10 Å². The van der Waals surface area contributed by atoms with E-state index in [4.69, 9.17) is 9.15 Å². The SMILES string of the molecule is Cc1ccc(C(=O)O)cc1-n1c(C)cc(/C=N/NC(=O)c2ccc(COc3ccc(-n4c(C)ccc4C)cc3)o2)c1C. The highest BCUT2D eigenvalue weighted by Gasteiger charge is 2.15. The summed E-state index contributed by atoms with van der Waals surface area (Å²) in [6.45, 7) is 10.1. The second-order valence-corrected chi connectivity index (χ2v) is 10.2. The normalized spacial score (nSPS) is 11.3. The van der Waals surface area contributed by atoms with Crippen LogP contribution in [0.5, 0.6) is 5.75 Å². The minimum Gasteiger partial charge on any atom is -0.486 e. The highest BCUT2D eigenvalue weighted by atomic mass is 16.5. The average Bonchev–Trinajstić information content (AvgIpc) is 3.65. The maximum Gasteiger partial charge on any atom is 0.335 e. The highest BCUT2D eigenvalue weighted by molar-refractivity contribution is 5.92. The van der Waals surface area contributed by atoms with Gasteiger partial charge in [-0.1, -0.05) is 6.07 Å². The van der Waals surface area contributed by atoms with Crippen LogP contribution in [0.15, 0.2) is 82.3 Å². The number of hydrogen-bond donors (Lipinski definition) is 2. The molecule has 214 valence electrons. The van der Waals surface area contributed by atoms with Gasteiger partial charge >= 0.3 is 11.9 Å². The summed E-state index contributed by atoms with van der Waals surface area (Å²) in [6.07, 6.45) is 1.56. The molecule has 0 saturated heterocycles. The van der Waals surface area contributed by atoms with Crippen molar-refractivity contribution in [3.05, 3.63) is 124 Å². The molecular formula is C33H32N4O5. The Bertz CT molecular complexity index is 1780. The lowest BCUT2D eigenvalue weighted by Crippen LogP contribution is -2.16. The summed E-state index contributed by atoms with van der Waals surface area (Å²) in [4.78, 5) is 24.1. The van der Waals surface area contributed by atoms with Gasteiger partial charge < -0.3 is 23.4 Å². The first-order valence-corrected chi connectivity index (χ1v) is 13.5. The lowest BCUT2D eigenvalue weighted by molar-refractivity contribution is 0.0696. The van der Waals surface area contributed by atoms with Gasteiger partial charge in [0.15, 0.2) is 5.76 Å². The lowest BCUT2D eigenvalue weighted by Gasteiger charge is -2.13. The first-order chi connectivity index (χ1) is 20.1. The van der Waals surface area contributed by atoms with Crippen molar-refractivity contribution in [3.8, 4) is 17.1 Å². The molecule has 3 heterocycles. The molecule has 0 spiro atoms. The van der Waals surface area contributed by atoms with E-state index in [0.717, 1.165) is 45.3 Å². The molecule has 0 bridgehead atoms. The zero-order valence-electron chi connectivity index (χ0n) is 24.1. The second-order valence-electron chi connectivity index (χ2n) is 10.2. The second kappa shape index (κ2) is 11.7. The summed E-state index contributed by atoms with van der Waals surface area (Å²) in [7, 11) is 0. The number of aromatic carboxylic acids is 1. The molecule has 2 aromatic carbocycles. The number of hydrazone groups is 1. The molecule has 2 N–H and O–H groups in total. The molecule has 3 aromatic heterocycles. The number of aryl methyl sites for hydroxylation is 4. The predicted molar refractivity (Wildman–Crippen MR) is 160 cm³/mol. The molecule has 0 saturated carbocycles. The van der Waals surface area contributed by atoms with E-state index in [0.29, 0.717) is 11.5 Å². The molecular weight excluding hydrogens is 532 g/mol. The van der Waals surface area contributed by atoms with Crippen LogP contribution in [0.3, 0.4) is 0 Å². The molecule has 0 unspecified atom stereocenters. The molecule has 0 aliphatic heterocycles. The van der Waals surface area contributed by atoms with Gasteiger partial charge in [0.2, 0.25) is 0 Å². The molecule has 0 aliphatic rings. The van der Waals surface area contributed by atoms with Crippen molar-refractivity contribution in [2.45, 2.75) is 41.2 Å². The van der Waals surface area contributed by atoms with E-state index in [-0.39, 0.29) is 17.9 Å². The number of hydrogen-bond acceptors (Lipinski definition) is 5. The van der Waals surface area contributed by atoms with Crippen LogP contribution in [0.1, 0.15) is 60.6 Å². The molecule has 9 heteroatoms. The fourth-order valence-corrected chi connectivity index (χ4v) is 4.99. The van der Waals surface area contributed by atoms with Crippen molar-refractivity contribution in [3.63, 3.8) is 0 Å². The monoisotopic (exact) mass is 564 g/mol. The summed E-state index contributed by atoms with van der Waals surface area (Å²) < 4.78 is 15.7. The zero-order chi connectivity index (χ0) is 30.0. The Morgan fingerprint density at radius 2 is 1.60 bits per heavy atom. The van der Waals surface area contributed by atoms with Crippen molar-refractivity contribution in [2.75, 3.05) is 0 Å². The van der Waals surface area contributed by atoms with E-state index < -0.39 is 11.9 Å². The number of rotatable bonds is 9. The molecule has 0 radical (unpaired) electrons. The van der Waals surface area contributed by atoms with E-state index >= 15 is 0 Å². The molecule has 0 aliphatic carbocycles. The van der Waals surface area contributed by atoms with Gasteiger partial charge in [0, 0.05) is 39.7 Å². The smallest absolute Gasteiger partial charge is 0.335 e. The topological polar surface area (TPSA) is 111 Å². The minimum absolute atomic E-state index is 0.117. The van der Waals surface area contributed by atoms with Crippen LogP contribution >= 0.6 is 0 Å². The van der Waals surface area contributed by atoms with Crippen LogP contribution in [0.2, 0.25) is 0 Å². The van der Waals surface area contributed by atoms with E-state index in [2.05, 4.69) is 41.1 Å². The van der Waals surface area contributed by atoms with E-state index in [9.17, 15) is 14.7 Å². The van der Waals surface area contributed by atoms with Crippen molar-refractivity contribution in [2.24, 2.45) is 5.10 Å². The molecule has 5 rings (SSSR count). The van der Waals surface area contributed by atoms with Gasteiger partial charge in [-0.15, -0.1) is 0 Å². The fourth-order valence-electron chi connectivity index (χ4n) is 4.99. The predicted octanol–water partition coefficient (Wildman–Crippen LogP) is 6.44. The van der Waals surface area contributed by atoms with Crippen molar-refractivity contribution < 1.29 is 23.8 Å². The number of carbonyl (C=O) groups excluding carboxylic acids is 1. The van der Waals surface area contributed by atoms with Crippen LogP contribution in [0, 0.1) is 34.6 Å². The third kappa shape index (κ3) is 5.76. The molecule has 9 nitrogen and oxygen atoms in total. The standard InChI is InChI=1S/C33H32N4O5/c1-20-6-9-25(33(39)40)17-30(20)37-23(4)16-26(24(37)5)18-34-35-32(38)31-15-14-29(42-31)19-41-28-12-10-27(11-13-28)36-21(2)7-8-22(36)3/h6-18H,19H2,1-5H3,(H,35,38)(H,39,40)/b34-18+. The minimum atomic E-state index is -0.983. The largest absolute Gasteiger partial charge is 0.486 e. The third-order valence-electron chi connectivity index (χ3n) is 7.17.